The van der Waals surface area contributed by atoms with Crippen LogP contribution < -0.4 is 5.32 Å². The molecule has 0 aliphatic carbocycles. The number of amides is 1. The van der Waals surface area contributed by atoms with Crippen molar-refractivity contribution in [2.24, 2.45) is 11.3 Å². The molecule has 0 atom stereocenters. The second-order valence-electron chi connectivity index (χ2n) is 5.77. The summed E-state index contributed by atoms with van der Waals surface area (Å²) >= 11 is 1.97. The van der Waals surface area contributed by atoms with Gasteiger partial charge in [-0.25, -0.2) is 0 Å². The van der Waals surface area contributed by atoms with Crippen LogP contribution in [0.1, 0.15) is 39.5 Å². The zero-order valence-electron chi connectivity index (χ0n) is 11.2. The lowest BCUT2D eigenvalue weighted by atomic mass is 9.85. The van der Waals surface area contributed by atoms with Crippen molar-refractivity contribution in [2.45, 2.75) is 39.5 Å². The van der Waals surface area contributed by atoms with E-state index in [-0.39, 0.29) is 18.7 Å². The van der Waals surface area contributed by atoms with E-state index < -0.39 is 11.4 Å². The van der Waals surface area contributed by atoms with Crippen LogP contribution in [0.4, 0.5) is 0 Å². The van der Waals surface area contributed by atoms with Crippen LogP contribution in [0.25, 0.3) is 0 Å². The highest BCUT2D eigenvalue weighted by atomic mass is 32.2. The van der Waals surface area contributed by atoms with Crippen LogP contribution in [0, 0.1) is 11.3 Å². The van der Waals surface area contributed by atoms with E-state index in [4.69, 9.17) is 5.11 Å². The van der Waals surface area contributed by atoms with E-state index in [1.54, 1.807) is 0 Å². The zero-order chi connectivity index (χ0) is 13.6. The van der Waals surface area contributed by atoms with Crippen molar-refractivity contribution in [3.8, 4) is 0 Å². The fraction of sp³-hybridized carbons (Fsp3) is 0.846. The third kappa shape index (κ3) is 6.28. The fourth-order valence-electron chi connectivity index (χ4n) is 2.18. The van der Waals surface area contributed by atoms with Gasteiger partial charge in [0.15, 0.2) is 0 Å². The predicted octanol–water partition coefficient (Wildman–Crippen LogP) is 2.14. The second kappa shape index (κ2) is 7.02. The van der Waals surface area contributed by atoms with Crippen LogP contribution >= 0.6 is 11.8 Å². The Morgan fingerprint density at radius 3 is 2.44 bits per heavy atom. The minimum atomic E-state index is -0.850. The summed E-state index contributed by atoms with van der Waals surface area (Å²) in [4.78, 5) is 22.4. The maximum atomic E-state index is 11.8. The van der Waals surface area contributed by atoms with Crippen molar-refractivity contribution >= 4 is 23.6 Å². The number of aliphatic carboxylic acids is 1. The van der Waals surface area contributed by atoms with Gasteiger partial charge in [-0.3, -0.25) is 9.59 Å². The highest BCUT2D eigenvalue weighted by Gasteiger charge is 2.25. The monoisotopic (exact) mass is 273 g/mol. The maximum absolute atomic E-state index is 11.8. The molecule has 1 saturated heterocycles. The average Bonchev–Trinajstić information content (AvgIpc) is 2.25. The van der Waals surface area contributed by atoms with Gasteiger partial charge in [-0.05, 0) is 35.7 Å². The van der Waals surface area contributed by atoms with Crippen molar-refractivity contribution in [2.75, 3.05) is 18.1 Å². The number of rotatable bonds is 6. The third-order valence-corrected chi connectivity index (χ3v) is 4.25. The molecule has 104 valence electrons. The molecular formula is C13H23NO3S. The van der Waals surface area contributed by atoms with E-state index in [1.165, 1.54) is 24.3 Å². The first kappa shape index (κ1) is 15.3. The first-order valence-electron chi connectivity index (χ1n) is 6.45. The molecule has 1 aliphatic rings. The first-order chi connectivity index (χ1) is 8.39. The molecule has 0 aromatic carbocycles. The molecule has 5 heteroatoms. The fourth-order valence-corrected chi connectivity index (χ4v) is 3.38. The summed E-state index contributed by atoms with van der Waals surface area (Å²) in [5, 5.41) is 11.7. The average molecular weight is 273 g/mol. The molecule has 1 fully saturated rings. The van der Waals surface area contributed by atoms with Gasteiger partial charge in [0, 0.05) is 13.0 Å². The Kier molecular flexibility index (Phi) is 5.99. The van der Waals surface area contributed by atoms with Gasteiger partial charge in [-0.1, -0.05) is 13.8 Å². The summed E-state index contributed by atoms with van der Waals surface area (Å²) < 4.78 is 0. The Bertz CT molecular complexity index is 299. The molecule has 4 nitrogen and oxygen atoms in total. The predicted molar refractivity (Wildman–Crippen MR) is 73.7 cm³/mol. The molecule has 0 radical (unpaired) electrons. The number of hydrogen-bond donors (Lipinski definition) is 2. The zero-order valence-corrected chi connectivity index (χ0v) is 12.0. The Labute approximate surface area is 113 Å². The summed E-state index contributed by atoms with van der Waals surface area (Å²) in [6.07, 6.45) is 2.65. The van der Waals surface area contributed by atoms with Crippen LogP contribution in [0.5, 0.6) is 0 Å². The lowest BCUT2D eigenvalue weighted by Crippen LogP contribution is -2.34. The molecule has 0 aromatic rings. The Morgan fingerprint density at radius 1 is 1.28 bits per heavy atom. The highest BCUT2D eigenvalue weighted by Crippen LogP contribution is 2.25. The van der Waals surface area contributed by atoms with Crippen LogP contribution in [-0.4, -0.2) is 35.0 Å². The van der Waals surface area contributed by atoms with Crippen LogP contribution in [0.3, 0.4) is 0 Å². The van der Waals surface area contributed by atoms with E-state index in [0.717, 1.165) is 6.54 Å². The molecular weight excluding hydrogens is 250 g/mol. The molecule has 0 bridgehead atoms. The molecule has 18 heavy (non-hydrogen) atoms. The topological polar surface area (TPSA) is 66.4 Å². The van der Waals surface area contributed by atoms with E-state index in [0.29, 0.717) is 5.92 Å². The smallest absolute Gasteiger partial charge is 0.303 e. The number of carboxylic acid groups (broad SMARTS) is 1. The van der Waals surface area contributed by atoms with Gasteiger partial charge < -0.3 is 10.4 Å². The van der Waals surface area contributed by atoms with Crippen molar-refractivity contribution < 1.29 is 14.7 Å². The largest absolute Gasteiger partial charge is 0.481 e. The summed E-state index contributed by atoms with van der Waals surface area (Å²) in [7, 11) is 0. The van der Waals surface area contributed by atoms with Gasteiger partial charge in [0.2, 0.25) is 5.91 Å². The van der Waals surface area contributed by atoms with Crippen LogP contribution in [0.15, 0.2) is 0 Å². The van der Waals surface area contributed by atoms with E-state index in [9.17, 15) is 9.59 Å². The SMILES string of the molecule is CC(C)(CC(=O)O)CC(=O)NCC1CCSCC1. The molecule has 0 spiro atoms. The molecule has 1 aliphatic heterocycles. The Balaban J connectivity index is 2.25. The molecule has 1 amide bonds. The van der Waals surface area contributed by atoms with Gasteiger partial charge in [-0.15, -0.1) is 0 Å². The minimum absolute atomic E-state index is 0.0283. The summed E-state index contributed by atoms with van der Waals surface area (Å²) in [6.45, 7) is 4.37. The van der Waals surface area contributed by atoms with Gasteiger partial charge in [0.1, 0.15) is 0 Å². The molecule has 0 aromatic heterocycles. The van der Waals surface area contributed by atoms with Crippen LogP contribution in [0.2, 0.25) is 0 Å². The van der Waals surface area contributed by atoms with E-state index >= 15 is 0 Å². The number of thioether (sulfide) groups is 1. The van der Waals surface area contributed by atoms with E-state index in [2.05, 4.69) is 5.32 Å². The number of carboxylic acids is 1. The third-order valence-electron chi connectivity index (χ3n) is 3.20. The number of nitrogens with one attached hydrogen (secondary N) is 1. The summed E-state index contributed by atoms with van der Waals surface area (Å²) in [5.74, 6) is 2.09. The van der Waals surface area contributed by atoms with Gasteiger partial charge >= 0.3 is 5.97 Å². The van der Waals surface area contributed by atoms with Crippen molar-refractivity contribution in [1.82, 2.24) is 5.32 Å². The Morgan fingerprint density at radius 2 is 1.89 bits per heavy atom. The molecule has 1 heterocycles. The number of carbonyl (C=O) groups excluding carboxylic acids is 1. The molecule has 2 N–H and O–H groups in total. The lowest BCUT2D eigenvalue weighted by molar-refractivity contribution is -0.139. The van der Waals surface area contributed by atoms with Crippen molar-refractivity contribution in [3.05, 3.63) is 0 Å². The number of carbonyl (C=O) groups is 2. The highest BCUT2D eigenvalue weighted by molar-refractivity contribution is 7.99. The maximum Gasteiger partial charge on any atom is 0.303 e. The summed E-state index contributed by atoms with van der Waals surface area (Å²) in [5.41, 5.74) is -0.474. The molecule has 1 rings (SSSR count). The van der Waals surface area contributed by atoms with Crippen molar-refractivity contribution in [1.29, 1.82) is 0 Å². The number of hydrogen-bond acceptors (Lipinski definition) is 3. The Hall–Kier alpha value is -0.710. The van der Waals surface area contributed by atoms with Crippen molar-refractivity contribution in [3.63, 3.8) is 0 Å². The normalized spacial score (nSPS) is 17.4. The minimum Gasteiger partial charge on any atom is -0.481 e. The van der Waals surface area contributed by atoms with Gasteiger partial charge in [0.05, 0.1) is 6.42 Å². The molecule has 0 saturated carbocycles. The molecule has 0 unspecified atom stereocenters. The van der Waals surface area contributed by atoms with Gasteiger partial charge in [0.25, 0.3) is 0 Å². The lowest BCUT2D eigenvalue weighted by Gasteiger charge is -2.24. The quantitative estimate of drug-likeness (QED) is 0.778. The van der Waals surface area contributed by atoms with E-state index in [1.807, 2.05) is 25.6 Å². The summed E-state index contributed by atoms with van der Waals surface area (Å²) in [6, 6.07) is 0. The first-order valence-corrected chi connectivity index (χ1v) is 7.61. The second-order valence-corrected chi connectivity index (χ2v) is 7.00. The van der Waals surface area contributed by atoms with Crippen LogP contribution in [-0.2, 0) is 9.59 Å². The standard InChI is InChI=1S/C13H23NO3S/c1-13(2,8-12(16)17)7-11(15)14-9-10-3-5-18-6-4-10/h10H,3-9H2,1-2H3,(H,14,15)(H,16,17). The van der Waals surface area contributed by atoms with Gasteiger partial charge in [-0.2, -0.15) is 11.8 Å².